The van der Waals surface area contributed by atoms with Gasteiger partial charge in [0.25, 0.3) is 5.56 Å². The van der Waals surface area contributed by atoms with E-state index in [2.05, 4.69) is 11.6 Å². The highest BCUT2D eigenvalue weighted by Crippen LogP contribution is 2.44. The first-order valence-corrected chi connectivity index (χ1v) is 4.74. The van der Waals surface area contributed by atoms with Crippen LogP contribution in [-0.4, -0.2) is 9.95 Å². The minimum Gasteiger partial charge on any atom is -0.307 e. The lowest BCUT2D eigenvalue weighted by Gasteiger charge is -2.23. The van der Waals surface area contributed by atoms with Crippen molar-refractivity contribution >= 4 is 11.6 Å². The van der Waals surface area contributed by atoms with Gasteiger partial charge in [-0.05, 0) is 24.6 Å². The second-order valence-corrected chi connectivity index (χ2v) is 3.54. The molecule has 7 heteroatoms. The van der Waals surface area contributed by atoms with Gasteiger partial charge < -0.3 is 4.57 Å². The van der Waals surface area contributed by atoms with Gasteiger partial charge in [-0.15, -0.1) is 0 Å². The Kier molecular flexibility index (Phi) is 3.33. The molecule has 1 aromatic rings. The third-order valence-corrected chi connectivity index (χ3v) is 2.28. The predicted molar refractivity (Wildman–Crippen MR) is 51.1 cm³/mol. The molecule has 0 saturated heterocycles. The quantitative estimate of drug-likeness (QED) is 0.603. The van der Waals surface area contributed by atoms with E-state index in [1.54, 1.807) is 0 Å². The molecule has 0 saturated carbocycles. The van der Waals surface area contributed by atoms with E-state index >= 15 is 0 Å². The average molecular weight is 258 g/mol. The van der Waals surface area contributed by atoms with Crippen molar-refractivity contribution in [3.8, 4) is 0 Å². The van der Waals surface area contributed by atoms with Crippen LogP contribution in [-0.2, 0) is 12.5 Å². The van der Waals surface area contributed by atoms with E-state index in [4.69, 9.17) is 0 Å². The molecule has 2 nitrogen and oxygen atoms in total. The molecular weight excluding hydrogens is 250 g/mol. The third-order valence-electron chi connectivity index (χ3n) is 2.04. The molecule has 0 bridgehead atoms. The van der Waals surface area contributed by atoms with E-state index in [0.717, 1.165) is 18.2 Å². The zero-order chi connectivity index (χ0) is 12.6. The molecule has 0 aliphatic carbocycles. The molecule has 0 spiro atoms. The highest BCUT2D eigenvalue weighted by atomic mass is 35.5. The van der Waals surface area contributed by atoms with Gasteiger partial charge in [-0.1, -0.05) is 6.07 Å². The topological polar surface area (TPSA) is 22.0 Å². The van der Waals surface area contributed by atoms with Crippen LogP contribution in [0.4, 0.5) is 17.6 Å². The summed E-state index contributed by atoms with van der Waals surface area (Å²) in [4.78, 5) is 11.2. The molecule has 16 heavy (non-hydrogen) atoms. The van der Waals surface area contributed by atoms with Gasteiger partial charge in [0, 0.05) is 12.6 Å². The van der Waals surface area contributed by atoms with Crippen LogP contribution in [0.2, 0.25) is 0 Å². The fourth-order valence-electron chi connectivity index (χ4n) is 1.27. The summed E-state index contributed by atoms with van der Waals surface area (Å²) in [6, 6.07) is 2.75. The maximum atomic E-state index is 13.2. The van der Waals surface area contributed by atoms with Gasteiger partial charge in [-0.2, -0.15) is 17.6 Å². The summed E-state index contributed by atoms with van der Waals surface area (Å²) in [5.74, 6) is -4.59. The van der Waals surface area contributed by atoms with Gasteiger partial charge in [-0.3, -0.25) is 4.79 Å². The smallest absolute Gasteiger partial charge is 0.307 e. The van der Waals surface area contributed by atoms with Gasteiger partial charge in [0.1, 0.15) is 0 Å². The highest BCUT2D eigenvalue weighted by molar-refractivity contribution is 6.22. The summed E-state index contributed by atoms with van der Waals surface area (Å²) in [6.45, 7) is 1.25. The summed E-state index contributed by atoms with van der Waals surface area (Å²) in [7, 11) is 0. The average Bonchev–Trinajstić information content (AvgIpc) is 2.15. The number of halogens is 5. The summed E-state index contributed by atoms with van der Waals surface area (Å²) < 4.78 is 52.1. The summed E-state index contributed by atoms with van der Waals surface area (Å²) in [5, 5.41) is -4.74. The fourth-order valence-corrected chi connectivity index (χ4v) is 1.36. The summed E-state index contributed by atoms with van der Waals surface area (Å²) >= 11 is 4.34. The van der Waals surface area contributed by atoms with Crippen molar-refractivity contribution in [3.63, 3.8) is 0 Å². The van der Waals surface area contributed by atoms with E-state index in [0.29, 0.717) is 4.57 Å². The van der Waals surface area contributed by atoms with Gasteiger partial charge >= 0.3 is 11.3 Å². The highest BCUT2D eigenvalue weighted by Gasteiger charge is 2.57. The van der Waals surface area contributed by atoms with Gasteiger partial charge in [0.2, 0.25) is 0 Å². The number of hydrogen-bond donors (Lipinski definition) is 0. The lowest BCUT2D eigenvalue weighted by molar-refractivity contribution is -0.168. The number of rotatable bonds is 3. The van der Waals surface area contributed by atoms with E-state index in [1.807, 2.05) is 0 Å². The maximum absolute atomic E-state index is 13.2. The van der Waals surface area contributed by atoms with Gasteiger partial charge in [0.15, 0.2) is 0 Å². The van der Waals surface area contributed by atoms with Gasteiger partial charge in [-0.25, -0.2) is 0 Å². The molecule has 1 aromatic heterocycles. The number of alkyl halides is 5. The van der Waals surface area contributed by atoms with Crippen molar-refractivity contribution in [2.75, 3.05) is 0 Å². The molecule has 0 amide bonds. The molecule has 0 aliphatic heterocycles. The molecule has 90 valence electrons. The Balaban J connectivity index is 3.45. The van der Waals surface area contributed by atoms with Crippen molar-refractivity contribution in [1.29, 1.82) is 0 Å². The first-order chi connectivity index (χ1) is 7.21. The summed E-state index contributed by atoms with van der Waals surface area (Å²) in [6.07, 6.45) is 0. The van der Waals surface area contributed by atoms with Gasteiger partial charge in [0.05, 0.1) is 5.69 Å². The Morgan fingerprint density at radius 1 is 1.31 bits per heavy atom. The Labute approximate surface area is 93.4 Å². The second-order valence-electron chi connectivity index (χ2n) is 3.07. The van der Waals surface area contributed by atoms with Crippen LogP contribution in [0, 0.1) is 0 Å². The van der Waals surface area contributed by atoms with Crippen molar-refractivity contribution in [1.82, 2.24) is 4.57 Å². The third kappa shape index (κ3) is 2.07. The molecular formula is C9H8ClF4NO. The lowest BCUT2D eigenvalue weighted by atomic mass is 10.2. The zero-order valence-corrected chi connectivity index (χ0v) is 8.94. The molecule has 0 N–H and O–H groups in total. The van der Waals surface area contributed by atoms with E-state index in [1.165, 1.54) is 6.92 Å². The minimum absolute atomic E-state index is 0.141. The van der Waals surface area contributed by atoms with E-state index in [-0.39, 0.29) is 6.54 Å². The Morgan fingerprint density at radius 2 is 1.88 bits per heavy atom. The van der Waals surface area contributed by atoms with Crippen molar-refractivity contribution in [2.24, 2.45) is 0 Å². The number of pyridine rings is 1. The molecule has 0 aromatic carbocycles. The summed E-state index contributed by atoms with van der Waals surface area (Å²) in [5.41, 5.74) is -1.87. The Morgan fingerprint density at radius 3 is 2.31 bits per heavy atom. The molecule has 0 fully saturated rings. The van der Waals surface area contributed by atoms with E-state index in [9.17, 15) is 22.4 Å². The van der Waals surface area contributed by atoms with Crippen LogP contribution in [0.3, 0.4) is 0 Å². The number of nitrogens with zero attached hydrogens (tertiary/aromatic N) is 1. The van der Waals surface area contributed by atoms with E-state index < -0.39 is 22.6 Å². The van der Waals surface area contributed by atoms with Crippen molar-refractivity contribution in [2.45, 2.75) is 24.8 Å². The molecule has 1 heterocycles. The van der Waals surface area contributed by atoms with Crippen LogP contribution in [0.1, 0.15) is 12.6 Å². The maximum Gasteiger partial charge on any atom is 0.390 e. The molecule has 0 radical (unpaired) electrons. The largest absolute Gasteiger partial charge is 0.390 e. The Bertz CT molecular complexity index is 438. The van der Waals surface area contributed by atoms with Crippen LogP contribution < -0.4 is 5.56 Å². The lowest BCUT2D eigenvalue weighted by Crippen LogP contribution is -2.38. The van der Waals surface area contributed by atoms with Crippen LogP contribution >= 0.6 is 11.6 Å². The van der Waals surface area contributed by atoms with Crippen LogP contribution in [0.15, 0.2) is 23.0 Å². The molecule has 0 aliphatic rings. The van der Waals surface area contributed by atoms with Crippen molar-refractivity contribution < 1.29 is 17.6 Å². The van der Waals surface area contributed by atoms with Crippen molar-refractivity contribution in [3.05, 3.63) is 34.2 Å². The minimum atomic E-state index is -4.74. The zero-order valence-electron chi connectivity index (χ0n) is 8.18. The van der Waals surface area contributed by atoms with Crippen LogP contribution in [0.25, 0.3) is 0 Å². The Hall–Kier alpha value is -1.04. The molecule has 1 rings (SSSR count). The first kappa shape index (κ1) is 13.0. The monoisotopic (exact) mass is 257 g/mol. The fraction of sp³-hybridized carbons (Fsp3) is 0.444. The molecule has 0 atom stereocenters. The normalized spacial score (nSPS) is 12.9. The number of hydrogen-bond acceptors (Lipinski definition) is 1. The first-order valence-electron chi connectivity index (χ1n) is 4.36. The second kappa shape index (κ2) is 4.08. The SMILES string of the molecule is CCn1c(C(F)(F)C(F)(F)Cl)cccc1=O. The molecule has 0 unspecified atom stereocenters. The van der Waals surface area contributed by atoms with Crippen LogP contribution in [0.5, 0.6) is 0 Å². The standard InChI is InChI=1S/C9H8ClF4NO/c1-2-15-6(4-3-5-7(15)16)8(11,12)9(10,13)14/h3-5H,2H2,1H3. The predicted octanol–water partition coefficient (Wildman–Crippen LogP) is 2.79. The number of aromatic nitrogens is 1.